The maximum absolute atomic E-state index is 7.08. The Bertz CT molecular complexity index is 373. The van der Waals surface area contributed by atoms with Gasteiger partial charge in [-0.2, -0.15) is 0 Å². The molecule has 150 valence electrons. The Kier molecular flexibility index (Phi) is 9.78. The van der Waals surface area contributed by atoms with Gasteiger partial charge < -0.3 is 11.5 Å². The number of halogens is 1. The van der Waals surface area contributed by atoms with Gasteiger partial charge in [-0.25, -0.2) is 0 Å². The molecule has 8 unspecified atom stereocenters. The lowest BCUT2D eigenvalue weighted by Gasteiger charge is -2.52. The first-order valence-corrected chi connectivity index (χ1v) is 11.3. The van der Waals surface area contributed by atoms with Crippen LogP contribution in [0.15, 0.2) is 0 Å². The van der Waals surface area contributed by atoms with Crippen molar-refractivity contribution in [2.45, 2.75) is 110 Å². The molecule has 4 N–H and O–H groups in total. The van der Waals surface area contributed by atoms with E-state index in [0.29, 0.717) is 23.7 Å². The summed E-state index contributed by atoms with van der Waals surface area (Å²) in [6.07, 6.45) is 9.47. The Morgan fingerprint density at radius 1 is 0.960 bits per heavy atom. The number of hydrogen-bond acceptors (Lipinski definition) is 2. The van der Waals surface area contributed by atoms with Crippen LogP contribution in [-0.4, -0.2) is 17.5 Å². The van der Waals surface area contributed by atoms with E-state index in [1.807, 2.05) is 0 Å². The van der Waals surface area contributed by atoms with E-state index in [1.165, 1.54) is 38.5 Å². The Hall–Kier alpha value is 0.210. The largest absolute Gasteiger partial charge is 0.328 e. The van der Waals surface area contributed by atoms with Crippen LogP contribution in [-0.2, 0) is 0 Å². The first-order chi connectivity index (χ1) is 11.8. The molecule has 2 nitrogen and oxygen atoms in total. The SMILES string of the molecule is CCCC(C)C(N)C1(C(CCC)C(C)CCC)CC(N)CC1C(C)Cl. The second-order valence-electron chi connectivity index (χ2n) is 9.05. The third-order valence-corrected chi connectivity index (χ3v) is 7.42. The van der Waals surface area contributed by atoms with Crippen LogP contribution in [0.25, 0.3) is 0 Å². The van der Waals surface area contributed by atoms with E-state index < -0.39 is 0 Å². The van der Waals surface area contributed by atoms with Gasteiger partial charge in [-0.05, 0) is 61.7 Å². The lowest BCUT2D eigenvalue weighted by atomic mass is 9.55. The van der Waals surface area contributed by atoms with Gasteiger partial charge in [0.2, 0.25) is 0 Å². The van der Waals surface area contributed by atoms with Crippen LogP contribution < -0.4 is 11.5 Å². The minimum atomic E-state index is 0.0970. The van der Waals surface area contributed by atoms with Gasteiger partial charge in [0, 0.05) is 17.5 Å². The summed E-state index contributed by atoms with van der Waals surface area (Å²) >= 11 is 6.77. The molecule has 0 amide bonds. The van der Waals surface area contributed by atoms with E-state index in [9.17, 15) is 0 Å². The van der Waals surface area contributed by atoms with Crippen LogP contribution in [0.1, 0.15) is 92.9 Å². The van der Waals surface area contributed by atoms with Gasteiger partial charge in [0.15, 0.2) is 0 Å². The first kappa shape index (κ1) is 23.2. The summed E-state index contributed by atoms with van der Waals surface area (Å²) in [6.45, 7) is 13.8. The van der Waals surface area contributed by atoms with E-state index >= 15 is 0 Å². The van der Waals surface area contributed by atoms with Crippen LogP contribution in [0.2, 0.25) is 0 Å². The average Bonchev–Trinajstić information content (AvgIpc) is 2.90. The Labute approximate surface area is 162 Å². The van der Waals surface area contributed by atoms with Crippen LogP contribution in [0.3, 0.4) is 0 Å². The van der Waals surface area contributed by atoms with Gasteiger partial charge in [0.25, 0.3) is 0 Å². The fraction of sp³-hybridized carbons (Fsp3) is 1.00. The molecule has 0 aromatic rings. The molecule has 3 heteroatoms. The van der Waals surface area contributed by atoms with Crippen molar-refractivity contribution in [3.8, 4) is 0 Å². The molecule has 0 heterocycles. The molecule has 1 fully saturated rings. The molecule has 0 saturated heterocycles. The summed E-state index contributed by atoms with van der Waals surface area (Å²) in [5.74, 6) is 2.29. The van der Waals surface area contributed by atoms with Crippen LogP contribution in [0.4, 0.5) is 0 Å². The number of nitrogens with two attached hydrogens (primary N) is 2. The molecule has 0 aromatic heterocycles. The predicted molar refractivity (Wildman–Crippen MR) is 113 cm³/mol. The molecule has 1 rings (SSSR count). The summed E-state index contributed by atoms with van der Waals surface area (Å²) in [5.41, 5.74) is 13.7. The quantitative estimate of drug-likeness (QED) is 0.440. The molecular weight excluding hydrogens is 328 g/mol. The standard InChI is InChI=1S/C22H45ClN2/c1-7-10-15(4)19(12-9-3)22(21(25)16(5)11-8-2)14-18(24)13-20(22)17(6)23/h15-21H,7-14,24-25H2,1-6H3. The molecule has 25 heavy (non-hydrogen) atoms. The van der Waals surface area contributed by atoms with Gasteiger partial charge in [-0.3, -0.25) is 0 Å². The lowest BCUT2D eigenvalue weighted by Crippen LogP contribution is -2.55. The third kappa shape index (κ3) is 5.14. The molecule has 0 spiro atoms. The Morgan fingerprint density at radius 2 is 1.48 bits per heavy atom. The normalized spacial score (nSPS) is 33.0. The van der Waals surface area contributed by atoms with Crippen molar-refractivity contribution in [2.24, 2.45) is 40.6 Å². The number of hydrogen-bond donors (Lipinski definition) is 2. The highest BCUT2D eigenvalue weighted by atomic mass is 35.5. The highest BCUT2D eigenvalue weighted by Gasteiger charge is 2.57. The molecule has 0 aromatic carbocycles. The van der Waals surface area contributed by atoms with Gasteiger partial charge in [-0.1, -0.05) is 60.3 Å². The van der Waals surface area contributed by atoms with Gasteiger partial charge in [0.05, 0.1) is 0 Å². The smallest absolute Gasteiger partial charge is 0.0342 e. The minimum absolute atomic E-state index is 0.0970. The molecule has 1 aliphatic rings. The van der Waals surface area contributed by atoms with E-state index in [-0.39, 0.29) is 22.9 Å². The zero-order valence-electron chi connectivity index (χ0n) is 17.7. The van der Waals surface area contributed by atoms with Crippen molar-refractivity contribution >= 4 is 11.6 Å². The maximum Gasteiger partial charge on any atom is 0.0342 e. The predicted octanol–water partition coefficient (Wildman–Crippen LogP) is 5.95. The molecule has 1 aliphatic carbocycles. The monoisotopic (exact) mass is 372 g/mol. The lowest BCUT2D eigenvalue weighted by molar-refractivity contribution is 0.000632. The molecular formula is C22H45ClN2. The topological polar surface area (TPSA) is 52.0 Å². The third-order valence-electron chi connectivity index (χ3n) is 7.12. The molecule has 1 saturated carbocycles. The van der Waals surface area contributed by atoms with E-state index in [0.717, 1.165) is 12.8 Å². The van der Waals surface area contributed by atoms with Gasteiger partial charge >= 0.3 is 0 Å². The summed E-state index contributed by atoms with van der Waals surface area (Å²) < 4.78 is 0. The van der Waals surface area contributed by atoms with Crippen molar-refractivity contribution in [1.82, 2.24) is 0 Å². The zero-order chi connectivity index (χ0) is 19.2. The van der Waals surface area contributed by atoms with Gasteiger partial charge in [0.1, 0.15) is 0 Å². The van der Waals surface area contributed by atoms with Crippen molar-refractivity contribution in [2.75, 3.05) is 0 Å². The van der Waals surface area contributed by atoms with Crippen LogP contribution in [0, 0.1) is 29.1 Å². The Balaban J connectivity index is 3.37. The summed E-state index contributed by atoms with van der Waals surface area (Å²) in [4.78, 5) is 0. The first-order valence-electron chi connectivity index (χ1n) is 10.9. The Morgan fingerprint density at radius 3 is 1.96 bits per heavy atom. The van der Waals surface area contributed by atoms with E-state index in [4.69, 9.17) is 23.1 Å². The fourth-order valence-corrected chi connectivity index (χ4v) is 6.46. The van der Waals surface area contributed by atoms with Crippen molar-refractivity contribution in [3.63, 3.8) is 0 Å². The minimum Gasteiger partial charge on any atom is -0.328 e. The summed E-state index contributed by atoms with van der Waals surface area (Å²) in [7, 11) is 0. The van der Waals surface area contributed by atoms with E-state index in [2.05, 4.69) is 41.5 Å². The van der Waals surface area contributed by atoms with Crippen LogP contribution >= 0.6 is 11.6 Å². The zero-order valence-corrected chi connectivity index (χ0v) is 18.5. The second kappa shape index (κ2) is 10.5. The molecule has 0 radical (unpaired) electrons. The van der Waals surface area contributed by atoms with E-state index in [1.54, 1.807) is 0 Å². The highest BCUT2D eigenvalue weighted by molar-refractivity contribution is 6.20. The fourth-order valence-electron chi connectivity index (χ4n) is 6.12. The van der Waals surface area contributed by atoms with Crippen LogP contribution in [0.5, 0.6) is 0 Å². The number of alkyl halides is 1. The molecule has 0 bridgehead atoms. The number of rotatable bonds is 11. The maximum atomic E-state index is 7.08. The highest BCUT2D eigenvalue weighted by Crippen LogP contribution is 2.57. The van der Waals surface area contributed by atoms with Crippen molar-refractivity contribution in [1.29, 1.82) is 0 Å². The van der Waals surface area contributed by atoms with Gasteiger partial charge in [-0.15, -0.1) is 11.6 Å². The average molecular weight is 373 g/mol. The summed E-state index contributed by atoms with van der Waals surface area (Å²) in [5, 5.41) is 0.140. The second-order valence-corrected chi connectivity index (χ2v) is 9.74. The van der Waals surface area contributed by atoms with Crippen molar-refractivity contribution in [3.05, 3.63) is 0 Å². The molecule has 0 aliphatic heterocycles. The summed E-state index contributed by atoms with van der Waals surface area (Å²) in [6, 6.07) is 0.447. The van der Waals surface area contributed by atoms with Crippen molar-refractivity contribution < 1.29 is 0 Å². The molecule has 8 atom stereocenters.